The first kappa shape index (κ1) is 12.0. The summed E-state index contributed by atoms with van der Waals surface area (Å²) < 4.78 is 0.835. The molecule has 1 aromatic carbocycles. The molecule has 0 saturated carbocycles. The fourth-order valence-corrected chi connectivity index (χ4v) is 2.06. The first-order valence-electron chi connectivity index (χ1n) is 4.99. The molecule has 0 atom stereocenters. The first-order chi connectivity index (χ1) is 7.49. The smallest absolute Gasteiger partial charge is 0.189 e. The van der Waals surface area contributed by atoms with Gasteiger partial charge in [0.05, 0.1) is 19.2 Å². The summed E-state index contributed by atoms with van der Waals surface area (Å²) in [4.78, 5) is -1.21. The van der Waals surface area contributed by atoms with E-state index in [0.29, 0.717) is 0 Å². The van der Waals surface area contributed by atoms with Crippen LogP contribution < -0.4 is 0 Å². The second-order valence-corrected chi connectivity index (χ2v) is 4.82. The van der Waals surface area contributed by atoms with Gasteiger partial charge in [-0.25, -0.2) is 0 Å². The van der Waals surface area contributed by atoms with Gasteiger partial charge in [-0.1, -0.05) is 39.1 Å². The molecule has 1 fully saturated rings. The highest BCUT2D eigenvalue weighted by molar-refractivity contribution is 9.10. The maximum atomic E-state index is 9.82. The van der Waals surface area contributed by atoms with Crippen LogP contribution in [0.25, 0.3) is 0 Å². The normalized spacial score (nSPS) is 18.5. The molecule has 0 unspecified atom stereocenters. The Balaban J connectivity index is 2.06. The molecule has 0 bridgehead atoms. The molecular weight excluding hydrogens is 276 g/mol. The summed E-state index contributed by atoms with van der Waals surface area (Å²) in [5, 5.41) is 30.1. The Morgan fingerprint density at radius 3 is 2.50 bits per heavy atom. The summed E-state index contributed by atoms with van der Waals surface area (Å²) in [6.07, 6.45) is -0.462. The van der Waals surface area contributed by atoms with Crippen LogP contribution in [0.1, 0.15) is 5.56 Å². The van der Waals surface area contributed by atoms with Gasteiger partial charge >= 0.3 is 0 Å². The van der Waals surface area contributed by atoms with Crippen LogP contribution in [-0.4, -0.2) is 44.6 Å². The minimum atomic E-state index is -1.21. The Morgan fingerprint density at radius 1 is 1.31 bits per heavy atom. The highest BCUT2D eigenvalue weighted by Crippen LogP contribution is 2.23. The number of hydroxylamine groups is 2. The van der Waals surface area contributed by atoms with Gasteiger partial charge < -0.3 is 5.11 Å². The third-order valence-electron chi connectivity index (χ3n) is 2.64. The average molecular weight is 290 g/mol. The third kappa shape index (κ3) is 2.42. The monoisotopic (exact) mass is 289 g/mol. The summed E-state index contributed by atoms with van der Waals surface area (Å²) in [7, 11) is 0. The van der Waals surface area contributed by atoms with Gasteiger partial charge in [0.25, 0.3) is 0 Å². The minimum absolute atomic E-state index is 0.0497. The number of β-amino-alcohol motifs (C(OH)–C–C–N with tert-alkyl or cyclic N) is 1. The van der Waals surface area contributed by atoms with E-state index in [1.807, 2.05) is 24.3 Å². The molecule has 1 saturated heterocycles. The van der Waals surface area contributed by atoms with Gasteiger partial charge in [0, 0.05) is 15.0 Å². The zero-order valence-corrected chi connectivity index (χ0v) is 10.2. The maximum absolute atomic E-state index is 9.82. The molecule has 0 aliphatic carbocycles. The molecule has 2 rings (SSSR count). The molecule has 0 radical (unpaired) electrons. The van der Waals surface area contributed by atoms with Gasteiger partial charge in [0.1, 0.15) is 0 Å². The van der Waals surface area contributed by atoms with Crippen LogP contribution in [0.4, 0.5) is 0 Å². The summed E-state index contributed by atoms with van der Waals surface area (Å²) >= 11 is 3.35. The van der Waals surface area contributed by atoms with Crippen LogP contribution in [0.3, 0.4) is 0 Å². The van der Waals surface area contributed by atoms with Crippen LogP contribution >= 0.6 is 15.9 Å². The maximum Gasteiger partial charge on any atom is 0.189 e. The van der Waals surface area contributed by atoms with Gasteiger partial charge in [-0.05, 0) is 6.07 Å². The summed E-state index contributed by atoms with van der Waals surface area (Å²) in [6.45, 7) is 0.600. The van der Waals surface area contributed by atoms with E-state index in [9.17, 15) is 10.4 Å². The number of hydrogen-bond donors (Lipinski definition) is 3. The van der Waals surface area contributed by atoms with E-state index in [2.05, 4.69) is 15.9 Å². The van der Waals surface area contributed by atoms with Crippen molar-refractivity contribution >= 4 is 15.9 Å². The van der Waals surface area contributed by atoms with Crippen LogP contribution in [0.5, 0.6) is 0 Å². The molecule has 6 heteroatoms. The van der Waals surface area contributed by atoms with Gasteiger partial charge in [-0.3, -0.25) is 0 Å². The lowest BCUT2D eigenvalue weighted by atomic mass is 10.2. The Kier molecular flexibility index (Phi) is 3.29. The Bertz CT molecular complexity index is 380. The number of rotatable bonds is 3. The molecule has 1 aliphatic heterocycles. The third-order valence-corrected chi connectivity index (χ3v) is 3.41. The van der Waals surface area contributed by atoms with Gasteiger partial charge in [-0.2, -0.15) is 10.4 Å². The molecule has 1 aliphatic rings. The van der Waals surface area contributed by atoms with E-state index < -0.39 is 11.0 Å². The van der Waals surface area contributed by atoms with E-state index in [4.69, 9.17) is 5.11 Å². The second kappa shape index (κ2) is 4.40. The number of benzene rings is 1. The number of hydrogen-bond acceptors (Lipinski definition) is 4. The standard InChI is InChI=1S/C10H14BrN2O3/c11-10-4-2-1-3-8(10)7-13(15,16)12-5-9(14)6-12/h1-4,9,14-16H,5-7H2/q+1. The first-order valence-corrected chi connectivity index (χ1v) is 5.79. The lowest BCUT2D eigenvalue weighted by Gasteiger charge is -2.40. The zero-order valence-electron chi connectivity index (χ0n) is 8.62. The van der Waals surface area contributed by atoms with Crippen molar-refractivity contribution in [2.45, 2.75) is 12.6 Å². The Hall–Kier alpha value is -0.500. The molecule has 0 aromatic heterocycles. The van der Waals surface area contributed by atoms with E-state index in [-0.39, 0.29) is 19.6 Å². The van der Waals surface area contributed by atoms with Crippen molar-refractivity contribution < 1.29 is 20.4 Å². The van der Waals surface area contributed by atoms with Crippen molar-refractivity contribution in [1.29, 1.82) is 0 Å². The fourth-order valence-electron chi connectivity index (χ4n) is 1.65. The highest BCUT2D eigenvalue weighted by Gasteiger charge is 2.43. The zero-order chi connectivity index (χ0) is 11.8. The quantitative estimate of drug-likeness (QED) is 0.577. The molecule has 1 aromatic rings. The van der Waals surface area contributed by atoms with Crippen molar-refractivity contribution in [3.63, 3.8) is 0 Å². The lowest BCUT2D eigenvalue weighted by molar-refractivity contribution is -1.33. The fraction of sp³-hybridized carbons (Fsp3) is 0.400. The van der Waals surface area contributed by atoms with Gasteiger partial charge in [0.2, 0.25) is 0 Å². The largest absolute Gasteiger partial charge is 0.390 e. The molecule has 5 nitrogen and oxygen atoms in total. The van der Waals surface area contributed by atoms with Gasteiger partial charge in [0.15, 0.2) is 6.54 Å². The molecule has 1 heterocycles. The Labute approximate surface area is 102 Å². The molecule has 88 valence electrons. The predicted octanol–water partition coefficient (Wildman–Crippen LogP) is 1.14. The van der Waals surface area contributed by atoms with Crippen molar-refractivity contribution in [2.75, 3.05) is 13.1 Å². The van der Waals surface area contributed by atoms with Crippen LogP contribution in [0.15, 0.2) is 28.7 Å². The molecule has 3 N–H and O–H groups in total. The van der Waals surface area contributed by atoms with E-state index in [1.165, 1.54) is 5.01 Å². The van der Waals surface area contributed by atoms with Crippen molar-refractivity contribution in [3.05, 3.63) is 34.3 Å². The van der Waals surface area contributed by atoms with E-state index in [0.717, 1.165) is 10.0 Å². The SMILES string of the molecule is OC1CN([N+](O)(O)Cc2ccccc2Br)C1. The molecule has 16 heavy (non-hydrogen) atoms. The predicted molar refractivity (Wildman–Crippen MR) is 59.3 cm³/mol. The summed E-state index contributed by atoms with van der Waals surface area (Å²) in [5.74, 6) is 0. The van der Waals surface area contributed by atoms with Crippen molar-refractivity contribution in [3.8, 4) is 0 Å². The average Bonchev–Trinajstić information content (AvgIpc) is 2.16. The van der Waals surface area contributed by atoms with Crippen molar-refractivity contribution in [1.82, 2.24) is 5.01 Å². The van der Waals surface area contributed by atoms with Crippen LogP contribution in [0.2, 0.25) is 0 Å². The summed E-state index contributed by atoms with van der Waals surface area (Å²) in [5.41, 5.74) is 0.800. The second-order valence-electron chi connectivity index (χ2n) is 3.97. The molecule has 0 amide bonds. The van der Waals surface area contributed by atoms with E-state index >= 15 is 0 Å². The van der Waals surface area contributed by atoms with Crippen molar-refractivity contribution in [2.24, 2.45) is 0 Å². The summed E-state index contributed by atoms with van der Waals surface area (Å²) in [6, 6.07) is 7.37. The number of nitrogens with zero attached hydrogens (tertiary/aromatic N) is 2. The van der Waals surface area contributed by atoms with Crippen LogP contribution in [-0.2, 0) is 6.54 Å². The number of halogens is 1. The Morgan fingerprint density at radius 2 is 1.94 bits per heavy atom. The van der Waals surface area contributed by atoms with Crippen LogP contribution in [0, 0.1) is 0 Å². The number of aliphatic hydroxyl groups excluding tert-OH is 1. The molecule has 0 spiro atoms. The lowest BCUT2D eigenvalue weighted by Crippen LogP contribution is -2.66. The number of aliphatic hydroxyl groups is 1. The van der Waals surface area contributed by atoms with E-state index in [1.54, 1.807) is 0 Å². The minimum Gasteiger partial charge on any atom is -0.390 e. The highest BCUT2D eigenvalue weighted by atomic mass is 79.9. The number of quaternary nitrogens is 1. The van der Waals surface area contributed by atoms with Gasteiger partial charge in [-0.15, -0.1) is 0 Å². The molecular formula is C10H14BrN2O3+. The topological polar surface area (TPSA) is 63.9 Å².